The van der Waals surface area contributed by atoms with Crippen LogP contribution in [-0.2, 0) is 17.8 Å². The molecule has 0 bridgehead atoms. The summed E-state index contributed by atoms with van der Waals surface area (Å²) < 4.78 is 30.9. The molecular formula is C25H32F2N2O4. The summed E-state index contributed by atoms with van der Waals surface area (Å²) in [4.78, 5) is 14.5. The van der Waals surface area contributed by atoms with Gasteiger partial charge in [-0.3, -0.25) is 9.69 Å². The fourth-order valence-corrected chi connectivity index (χ4v) is 4.14. The molecule has 2 aromatic carbocycles. The van der Waals surface area contributed by atoms with Crippen LogP contribution in [0.2, 0.25) is 0 Å². The Morgan fingerprint density at radius 2 is 2.00 bits per heavy atom. The molecule has 6 nitrogen and oxygen atoms in total. The number of aliphatic hydroxyl groups is 2. The predicted octanol–water partition coefficient (Wildman–Crippen LogP) is 3.73. The number of carbonyl (C=O) groups excluding carboxylic acids is 1. The predicted molar refractivity (Wildman–Crippen MR) is 122 cm³/mol. The van der Waals surface area contributed by atoms with Gasteiger partial charge in [-0.1, -0.05) is 35.9 Å². The number of amides is 1. The molecule has 0 radical (unpaired) electrons. The Kier molecular flexibility index (Phi) is 8.40. The van der Waals surface area contributed by atoms with Gasteiger partial charge in [0.25, 0.3) is 0 Å². The number of aliphatic hydroxyl groups excluding tert-OH is 1. The quantitative estimate of drug-likeness (QED) is 0.529. The van der Waals surface area contributed by atoms with Gasteiger partial charge in [0.15, 0.2) is 0 Å². The first-order valence-corrected chi connectivity index (χ1v) is 11.1. The second kappa shape index (κ2) is 11.0. The first-order valence-electron chi connectivity index (χ1n) is 11.1. The summed E-state index contributed by atoms with van der Waals surface area (Å²) in [6, 6.07) is 12.4. The van der Waals surface area contributed by atoms with E-state index in [-0.39, 0.29) is 30.6 Å². The number of likely N-dealkylation sites (tertiary alicyclic amines) is 1. The van der Waals surface area contributed by atoms with Crippen LogP contribution in [0.25, 0.3) is 0 Å². The maximum atomic E-state index is 13.1. The topological polar surface area (TPSA) is 82.0 Å². The van der Waals surface area contributed by atoms with E-state index in [1.807, 2.05) is 31.2 Å². The number of aryl methyl sites for hydroxylation is 1. The van der Waals surface area contributed by atoms with Crippen molar-refractivity contribution >= 4 is 11.6 Å². The van der Waals surface area contributed by atoms with E-state index in [1.54, 1.807) is 19.1 Å². The molecule has 0 saturated carbocycles. The number of nitrogens with zero attached hydrogens (tertiary/aromatic N) is 1. The molecule has 1 fully saturated rings. The van der Waals surface area contributed by atoms with E-state index in [9.17, 15) is 23.8 Å². The van der Waals surface area contributed by atoms with Gasteiger partial charge in [0.2, 0.25) is 5.91 Å². The molecule has 0 aliphatic carbocycles. The fraction of sp³-hybridized carbons (Fsp3) is 0.480. The molecule has 1 heterocycles. The van der Waals surface area contributed by atoms with Crippen molar-refractivity contribution in [2.45, 2.75) is 51.9 Å². The highest BCUT2D eigenvalue weighted by molar-refractivity contribution is 5.92. The van der Waals surface area contributed by atoms with Gasteiger partial charge in [-0.05, 0) is 44.9 Å². The van der Waals surface area contributed by atoms with Crippen molar-refractivity contribution in [3.63, 3.8) is 0 Å². The summed E-state index contributed by atoms with van der Waals surface area (Å²) >= 11 is 0. The number of nitrogens with one attached hydrogen (secondary N) is 1. The summed E-state index contributed by atoms with van der Waals surface area (Å²) in [5.41, 5.74) is 1.72. The van der Waals surface area contributed by atoms with Crippen LogP contribution in [0.4, 0.5) is 14.5 Å². The average molecular weight is 463 g/mol. The van der Waals surface area contributed by atoms with Gasteiger partial charge in [-0.25, -0.2) is 0 Å². The molecule has 1 saturated heterocycles. The summed E-state index contributed by atoms with van der Waals surface area (Å²) in [7, 11) is 0. The van der Waals surface area contributed by atoms with Gasteiger partial charge >= 0.3 is 6.61 Å². The number of hydrogen-bond acceptors (Lipinski definition) is 5. The van der Waals surface area contributed by atoms with Crippen LogP contribution in [0.15, 0.2) is 42.5 Å². The zero-order valence-electron chi connectivity index (χ0n) is 19.1. The largest absolute Gasteiger partial charge is 0.434 e. The third-order valence-electron chi connectivity index (χ3n) is 6.15. The van der Waals surface area contributed by atoms with Gasteiger partial charge in [0, 0.05) is 36.3 Å². The third kappa shape index (κ3) is 7.22. The van der Waals surface area contributed by atoms with Crippen LogP contribution in [0, 0.1) is 12.8 Å². The molecule has 0 aromatic heterocycles. The Bertz CT molecular complexity index is 935. The van der Waals surface area contributed by atoms with Gasteiger partial charge in [-0.15, -0.1) is 0 Å². The van der Waals surface area contributed by atoms with Gasteiger partial charge in [0.1, 0.15) is 5.75 Å². The molecule has 1 aliphatic heterocycles. The highest BCUT2D eigenvalue weighted by atomic mass is 19.3. The summed E-state index contributed by atoms with van der Waals surface area (Å²) in [5.74, 6) is -0.357. The number of piperidine rings is 1. The highest BCUT2D eigenvalue weighted by Gasteiger charge is 2.34. The number of halogens is 2. The number of benzene rings is 2. The number of hydrogen-bond donors (Lipinski definition) is 3. The van der Waals surface area contributed by atoms with Crippen molar-refractivity contribution < 1.29 is 28.5 Å². The molecule has 2 aromatic rings. The lowest BCUT2D eigenvalue weighted by molar-refractivity contribution is -0.115. The van der Waals surface area contributed by atoms with Gasteiger partial charge < -0.3 is 20.3 Å². The van der Waals surface area contributed by atoms with E-state index < -0.39 is 12.2 Å². The Balaban J connectivity index is 1.69. The van der Waals surface area contributed by atoms with Crippen LogP contribution < -0.4 is 10.1 Å². The molecule has 2 atom stereocenters. The van der Waals surface area contributed by atoms with Crippen LogP contribution in [0.3, 0.4) is 0 Å². The van der Waals surface area contributed by atoms with Crippen molar-refractivity contribution in [3.05, 3.63) is 59.2 Å². The molecule has 1 aliphatic rings. The van der Waals surface area contributed by atoms with Crippen LogP contribution in [0.1, 0.15) is 36.5 Å². The molecule has 0 spiro atoms. The molecule has 1 amide bonds. The third-order valence-corrected chi connectivity index (χ3v) is 6.15. The summed E-state index contributed by atoms with van der Waals surface area (Å²) in [6.45, 7) is 1.90. The van der Waals surface area contributed by atoms with Crippen molar-refractivity contribution in [1.29, 1.82) is 0 Å². The highest BCUT2D eigenvalue weighted by Crippen LogP contribution is 2.31. The normalized spacial score (nSPS) is 18.7. The molecule has 2 unspecified atom stereocenters. The number of carbonyl (C=O) groups is 1. The maximum Gasteiger partial charge on any atom is 0.387 e. The number of rotatable bonds is 9. The second-order valence-corrected chi connectivity index (χ2v) is 9.00. The monoisotopic (exact) mass is 462 g/mol. The molecule has 3 rings (SSSR count). The van der Waals surface area contributed by atoms with Gasteiger partial charge in [0.05, 0.1) is 18.6 Å². The van der Waals surface area contributed by atoms with E-state index in [1.165, 1.54) is 6.07 Å². The van der Waals surface area contributed by atoms with E-state index >= 15 is 0 Å². The molecule has 8 heteroatoms. The molecule has 180 valence electrons. The molecular weight excluding hydrogens is 430 g/mol. The maximum absolute atomic E-state index is 13.1. The summed E-state index contributed by atoms with van der Waals surface area (Å²) in [6.07, 6.45) is 1.79. The summed E-state index contributed by atoms with van der Waals surface area (Å²) in [5, 5.41) is 22.6. The Morgan fingerprint density at radius 1 is 1.27 bits per heavy atom. The zero-order valence-corrected chi connectivity index (χ0v) is 19.1. The standard InChI is InChI=1S/C25H32F2N2O4/c1-17-5-7-18(8-6-17)12-23(31)28-21-10-9-19(22(13-21)33-24(26)27)14-29-11-3-4-20(15-29)25(2,32)16-30/h5-10,13,20,24,30,32H,3-4,11-12,14-16H2,1-2H3,(H,28,31). The fourth-order valence-electron chi connectivity index (χ4n) is 4.14. The second-order valence-electron chi connectivity index (χ2n) is 9.00. The first kappa shape index (κ1) is 25.1. The van der Waals surface area contributed by atoms with Crippen molar-refractivity contribution in [2.24, 2.45) is 5.92 Å². The minimum absolute atomic E-state index is 0.00850. The number of anilines is 1. The first-order chi connectivity index (χ1) is 15.7. The van der Waals surface area contributed by atoms with Crippen molar-refractivity contribution in [2.75, 3.05) is 25.0 Å². The van der Waals surface area contributed by atoms with E-state index in [0.29, 0.717) is 24.3 Å². The van der Waals surface area contributed by atoms with Crippen LogP contribution in [-0.4, -0.2) is 52.9 Å². The minimum atomic E-state index is -2.99. The van der Waals surface area contributed by atoms with Gasteiger partial charge in [-0.2, -0.15) is 8.78 Å². The van der Waals surface area contributed by atoms with Crippen molar-refractivity contribution in [1.82, 2.24) is 4.90 Å². The minimum Gasteiger partial charge on any atom is -0.434 e. The lowest BCUT2D eigenvalue weighted by atomic mass is 9.83. The lowest BCUT2D eigenvalue weighted by Crippen LogP contribution is -2.47. The SMILES string of the molecule is Cc1ccc(CC(=O)Nc2ccc(CN3CCCC(C(C)(O)CO)C3)c(OC(F)F)c2)cc1. The van der Waals surface area contributed by atoms with E-state index in [2.05, 4.69) is 10.2 Å². The smallest absolute Gasteiger partial charge is 0.387 e. The number of alkyl halides is 2. The molecule has 33 heavy (non-hydrogen) atoms. The Hall–Kier alpha value is -2.55. The Morgan fingerprint density at radius 3 is 2.67 bits per heavy atom. The Labute approximate surface area is 193 Å². The van der Waals surface area contributed by atoms with Crippen LogP contribution in [0.5, 0.6) is 5.75 Å². The molecule has 3 N–H and O–H groups in total. The zero-order chi connectivity index (χ0) is 24.0. The van der Waals surface area contributed by atoms with Crippen LogP contribution >= 0.6 is 0 Å². The van der Waals surface area contributed by atoms with E-state index in [0.717, 1.165) is 30.5 Å². The lowest BCUT2D eigenvalue weighted by Gasteiger charge is -2.39. The average Bonchev–Trinajstić information content (AvgIpc) is 2.77. The van der Waals surface area contributed by atoms with Crippen molar-refractivity contribution in [3.8, 4) is 5.75 Å². The number of ether oxygens (including phenoxy) is 1. The van der Waals surface area contributed by atoms with E-state index in [4.69, 9.17) is 4.74 Å².